The number of nitrogen functional groups attached to an aromatic ring is 1. The summed E-state index contributed by atoms with van der Waals surface area (Å²) in [7, 11) is 1.67. The van der Waals surface area contributed by atoms with Crippen LogP contribution in [-0.2, 0) is 6.54 Å². The quantitative estimate of drug-likeness (QED) is 0.411. The van der Waals surface area contributed by atoms with E-state index < -0.39 is 0 Å². The molecule has 29 heavy (non-hydrogen) atoms. The van der Waals surface area contributed by atoms with Crippen LogP contribution < -0.4 is 15.8 Å². The highest BCUT2D eigenvalue weighted by atomic mass is 32.2. The maximum absolute atomic E-state index is 6.04. The highest BCUT2D eigenvalue weighted by Crippen LogP contribution is 2.38. The first-order valence-corrected chi connectivity index (χ1v) is 11.0. The van der Waals surface area contributed by atoms with Gasteiger partial charge in [-0.15, -0.1) is 11.3 Å². The summed E-state index contributed by atoms with van der Waals surface area (Å²) in [5, 5.41) is 4.27. The van der Waals surface area contributed by atoms with Crippen LogP contribution in [0.25, 0.3) is 21.4 Å². The minimum atomic E-state index is 0.386. The molecule has 0 bridgehead atoms. The highest BCUT2D eigenvalue weighted by Gasteiger charge is 2.18. The summed E-state index contributed by atoms with van der Waals surface area (Å²) >= 11 is 3.10. The lowest BCUT2D eigenvalue weighted by molar-refractivity contribution is 0.420. The van der Waals surface area contributed by atoms with Gasteiger partial charge < -0.3 is 20.4 Å². The molecule has 0 fully saturated rings. The molecular formula is C19H23N7OS2. The van der Waals surface area contributed by atoms with Crippen molar-refractivity contribution >= 4 is 50.3 Å². The van der Waals surface area contributed by atoms with E-state index in [2.05, 4.69) is 33.7 Å². The van der Waals surface area contributed by atoms with Gasteiger partial charge in [-0.1, -0.05) is 19.9 Å². The molecule has 0 atom stereocenters. The summed E-state index contributed by atoms with van der Waals surface area (Å²) in [5.41, 5.74) is 8.32. The Labute approximate surface area is 176 Å². The van der Waals surface area contributed by atoms with Crippen LogP contribution in [0.15, 0.2) is 34.0 Å². The second kappa shape index (κ2) is 8.52. The average Bonchev–Trinajstić information content (AvgIpc) is 3.27. The topological polar surface area (TPSA) is 104 Å². The Morgan fingerprint density at radius 3 is 2.93 bits per heavy atom. The lowest BCUT2D eigenvalue weighted by Gasteiger charge is -2.10. The number of fused-ring (bicyclic) bond motifs is 2. The number of hydrogen-bond donors (Lipinski definition) is 2. The van der Waals surface area contributed by atoms with Crippen molar-refractivity contribution in [2.45, 2.75) is 29.9 Å². The first kappa shape index (κ1) is 19.9. The SMILES string of the molecule is COc1cccc2nc(Sc3nc4c(N)ncnc4n3CCNCC(C)C)sc12. The number of benzene rings is 1. The maximum atomic E-state index is 6.04. The zero-order valence-electron chi connectivity index (χ0n) is 16.5. The molecule has 3 aromatic heterocycles. The first-order valence-electron chi connectivity index (χ1n) is 9.35. The lowest BCUT2D eigenvalue weighted by atomic mass is 10.2. The number of nitrogens with zero attached hydrogens (tertiary/aromatic N) is 5. The van der Waals surface area contributed by atoms with E-state index >= 15 is 0 Å². The van der Waals surface area contributed by atoms with E-state index in [0.717, 1.165) is 50.7 Å². The zero-order valence-corrected chi connectivity index (χ0v) is 18.2. The van der Waals surface area contributed by atoms with E-state index in [0.29, 0.717) is 17.3 Å². The lowest BCUT2D eigenvalue weighted by Crippen LogP contribution is -2.24. The van der Waals surface area contributed by atoms with Crippen molar-refractivity contribution in [1.82, 2.24) is 29.8 Å². The molecule has 10 heteroatoms. The molecule has 4 aromatic rings. The van der Waals surface area contributed by atoms with Gasteiger partial charge in [0.2, 0.25) is 0 Å². The first-order chi connectivity index (χ1) is 14.1. The summed E-state index contributed by atoms with van der Waals surface area (Å²) in [6.07, 6.45) is 1.48. The van der Waals surface area contributed by atoms with Crippen LogP contribution in [0.4, 0.5) is 5.82 Å². The van der Waals surface area contributed by atoms with E-state index in [4.69, 9.17) is 20.4 Å². The number of nitrogens with two attached hydrogens (primary N) is 1. The standard InChI is InChI=1S/C19H23N7OS2/c1-11(2)9-21-7-8-26-17-14(16(20)22-10-23-17)25-18(26)29-19-24-12-5-4-6-13(27-3)15(12)28-19/h4-6,10-11,21H,7-9H2,1-3H3,(H2,20,22,23). The predicted molar refractivity (Wildman–Crippen MR) is 118 cm³/mol. The summed E-state index contributed by atoms with van der Waals surface area (Å²) < 4.78 is 9.46. The molecule has 152 valence electrons. The fourth-order valence-electron chi connectivity index (χ4n) is 2.98. The summed E-state index contributed by atoms with van der Waals surface area (Å²) in [6.45, 7) is 6.89. The Balaban J connectivity index is 1.67. The number of rotatable bonds is 8. The zero-order chi connectivity index (χ0) is 20.4. The Kier molecular flexibility index (Phi) is 5.84. The van der Waals surface area contributed by atoms with Gasteiger partial charge in [-0.05, 0) is 36.4 Å². The van der Waals surface area contributed by atoms with E-state index in [9.17, 15) is 0 Å². The number of anilines is 1. The number of methoxy groups -OCH3 is 1. The fraction of sp³-hybridized carbons (Fsp3) is 0.368. The minimum Gasteiger partial charge on any atom is -0.495 e. The van der Waals surface area contributed by atoms with E-state index in [1.54, 1.807) is 18.4 Å². The monoisotopic (exact) mass is 429 g/mol. The molecule has 0 amide bonds. The van der Waals surface area contributed by atoms with E-state index in [1.807, 2.05) is 18.2 Å². The van der Waals surface area contributed by atoms with Crippen molar-refractivity contribution in [3.8, 4) is 5.75 Å². The van der Waals surface area contributed by atoms with Crippen LogP contribution in [0, 0.1) is 5.92 Å². The number of hydrogen-bond acceptors (Lipinski definition) is 9. The molecule has 0 spiro atoms. The van der Waals surface area contributed by atoms with Gasteiger partial charge in [0.25, 0.3) is 0 Å². The highest BCUT2D eigenvalue weighted by molar-refractivity contribution is 8.01. The van der Waals surface area contributed by atoms with Crippen LogP contribution in [0.1, 0.15) is 13.8 Å². The van der Waals surface area contributed by atoms with Gasteiger partial charge in [0.15, 0.2) is 26.5 Å². The molecule has 0 saturated carbocycles. The molecule has 0 aliphatic carbocycles. The number of nitrogens with one attached hydrogen (secondary N) is 1. The molecule has 0 unspecified atom stereocenters. The van der Waals surface area contributed by atoms with Gasteiger partial charge in [-0.25, -0.2) is 19.9 Å². The van der Waals surface area contributed by atoms with Crippen LogP contribution in [0.2, 0.25) is 0 Å². The molecule has 3 N–H and O–H groups in total. The van der Waals surface area contributed by atoms with Gasteiger partial charge in [0, 0.05) is 13.1 Å². The molecule has 8 nitrogen and oxygen atoms in total. The second-order valence-corrected chi connectivity index (χ2v) is 9.18. The average molecular weight is 430 g/mol. The number of thiazole rings is 1. The minimum absolute atomic E-state index is 0.386. The van der Waals surface area contributed by atoms with E-state index in [-0.39, 0.29) is 0 Å². The molecule has 1 aromatic carbocycles. The van der Waals surface area contributed by atoms with E-state index in [1.165, 1.54) is 18.1 Å². The van der Waals surface area contributed by atoms with Gasteiger partial charge >= 0.3 is 0 Å². The van der Waals surface area contributed by atoms with Crippen LogP contribution >= 0.6 is 23.1 Å². The molecule has 4 rings (SSSR count). The van der Waals surface area contributed by atoms with Crippen LogP contribution in [0.5, 0.6) is 5.75 Å². The number of imidazole rings is 1. The van der Waals surface area contributed by atoms with Gasteiger partial charge in [-0.2, -0.15) is 0 Å². The Morgan fingerprint density at radius 1 is 1.28 bits per heavy atom. The molecule has 0 aliphatic rings. The second-order valence-electron chi connectivity index (χ2n) is 6.97. The number of aromatic nitrogens is 5. The summed E-state index contributed by atoms with van der Waals surface area (Å²) in [4.78, 5) is 18.0. The van der Waals surface area contributed by atoms with Gasteiger partial charge in [0.05, 0.1) is 17.3 Å². The van der Waals surface area contributed by atoms with Crippen LogP contribution in [-0.4, -0.2) is 44.7 Å². The largest absolute Gasteiger partial charge is 0.495 e. The van der Waals surface area contributed by atoms with Crippen molar-refractivity contribution < 1.29 is 4.74 Å². The maximum Gasteiger partial charge on any atom is 0.177 e. The van der Waals surface area contributed by atoms with Crippen molar-refractivity contribution in [1.29, 1.82) is 0 Å². The molecule has 0 saturated heterocycles. The smallest absolute Gasteiger partial charge is 0.177 e. The predicted octanol–water partition coefficient (Wildman–Crippen LogP) is 3.42. The number of ether oxygens (including phenoxy) is 1. The molecular weight excluding hydrogens is 406 g/mol. The van der Waals surface area contributed by atoms with Crippen molar-refractivity contribution in [3.05, 3.63) is 24.5 Å². The Bertz CT molecular complexity index is 1140. The molecule has 0 aliphatic heterocycles. The van der Waals surface area contributed by atoms with Gasteiger partial charge in [-0.3, -0.25) is 0 Å². The van der Waals surface area contributed by atoms with Crippen LogP contribution in [0.3, 0.4) is 0 Å². The van der Waals surface area contributed by atoms with Gasteiger partial charge in [0.1, 0.15) is 12.1 Å². The fourth-order valence-corrected chi connectivity index (χ4v) is 5.14. The van der Waals surface area contributed by atoms with Crippen molar-refractivity contribution in [2.24, 2.45) is 5.92 Å². The normalized spacial score (nSPS) is 11.7. The third-order valence-electron chi connectivity index (χ3n) is 4.35. The third-order valence-corrected chi connectivity index (χ3v) is 6.49. The summed E-state index contributed by atoms with van der Waals surface area (Å²) in [5.74, 6) is 1.81. The molecule has 0 radical (unpaired) electrons. The van der Waals surface area contributed by atoms with Crippen molar-refractivity contribution in [3.63, 3.8) is 0 Å². The summed E-state index contributed by atoms with van der Waals surface area (Å²) in [6, 6.07) is 5.88. The Hall–Kier alpha value is -2.43. The molecule has 3 heterocycles. The third kappa shape index (κ3) is 4.14. The Morgan fingerprint density at radius 2 is 2.14 bits per heavy atom. The van der Waals surface area contributed by atoms with Crippen molar-refractivity contribution in [2.75, 3.05) is 25.9 Å².